The third-order valence-electron chi connectivity index (χ3n) is 2.94. The Hall–Kier alpha value is -0.823. The highest BCUT2D eigenvalue weighted by molar-refractivity contribution is 6.27. The molecule has 0 saturated heterocycles. The van der Waals surface area contributed by atoms with Gasteiger partial charge in [0.2, 0.25) is 9.76 Å². The maximum atomic E-state index is 13.5. The van der Waals surface area contributed by atoms with Crippen molar-refractivity contribution < 1.29 is 22.7 Å². The summed E-state index contributed by atoms with van der Waals surface area (Å²) in [4.78, 5) is 0. The number of ether oxygens (including phenoxy) is 2. The summed E-state index contributed by atoms with van der Waals surface area (Å²) in [6.07, 6.45) is 2.41. The van der Waals surface area contributed by atoms with Crippen molar-refractivity contribution in [3.8, 4) is 0 Å². The van der Waals surface area contributed by atoms with Crippen LogP contribution in [0.3, 0.4) is 0 Å². The summed E-state index contributed by atoms with van der Waals surface area (Å²) in [5.74, 6) is -1.01. The molecule has 0 N–H and O–H groups in total. The van der Waals surface area contributed by atoms with Gasteiger partial charge in [-0.25, -0.2) is 8.78 Å². The van der Waals surface area contributed by atoms with E-state index < -0.39 is 18.1 Å². The quantitative estimate of drug-likeness (QED) is 0.337. The summed E-state index contributed by atoms with van der Waals surface area (Å²) >= 11 is 0. The van der Waals surface area contributed by atoms with Crippen LogP contribution in [0.2, 0.25) is 6.04 Å². The van der Waals surface area contributed by atoms with Crippen LogP contribution in [0.1, 0.15) is 46.1 Å². The smallest absolute Gasteiger partial charge is 0.262 e. The van der Waals surface area contributed by atoms with Gasteiger partial charge in [-0.2, -0.15) is 0 Å². The Bertz CT molecular complexity index is 445. The molecule has 0 aromatic heterocycles. The Morgan fingerprint density at radius 2 is 1.65 bits per heavy atom. The molecule has 130 valence electrons. The van der Waals surface area contributed by atoms with Crippen LogP contribution in [0.5, 0.6) is 0 Å². The van der Waals surface area contributed by atoms with Gasteiger partial charge in [0.15, 0.2) is 0 Å². The SMILES string of the molecule is CC(C)OC(O[Si]CCCCc1ccc(F)cc1F)OC(C)C. The van der Waals surface area contributed by atoms with E-state index in [1.807, 2.05) is 27.7 Å². The first-order valence-corrected chi connectivity index (χ1v) is 9.13. The van der Waals surface area contributed by atoms with Gasteiger partial charge in [0.05, 0.1) is 12.2 Å². The van der Waals surface area contributed by atoms with E-state index in [0.717, 1.165) is 25.0 Å². The van der Waals surface area contributed by atoms with Gasteiger partial charge in [0, 0.05) is 6.07 Å². The van der Waals surface area contributed by atoms with Gasteiger partial charge in [0.25, 0.3) is 6.48 Å². The Balaban J connectivity index is 2.20. The highest BCUT2D eigenvalue weighted by Crippen LogP contribution is 2.13. The molecule has 2 radical (unpaired) electrons. The lowest BCUT2D eigenvalue weighted by Crippen LogP contribution is -2.28. The van der Waals surface area contributed by atoms with E-state index in [1.54, 1.807) is 0 Å². The molecule has 0 aliphatic heterocycles. The maximum absolute atomic E-state index is 13.5. The fourth-order valence-corrected chi connectivity index (χ4v) is 2.66. The second-order valence-corrected chi connectivity index (χ2v) is 6.89. The molecule has 1 aromatic rings. The average Bonchev–Trinajstić information content (AvgIpc) is 2.43. The molecule has 0 aliphatic rings. The highest BCUT2D eigenvalue weighted by Gasteiger charge is 2.14. The maximum Gasteiger partial charge on any atom is 0.262 e. The number of unbranched alkanes of at least 4 members (excludes halogenated alkanes) is 1. The topological polar surface area (TPSA) is 27.7 Å². The zero-order chi connectivity index (χ0) is 17.2. The molecule has 1 rings (SSSR count). The van der Waals surface area contributed by atoms with Crippen LogP contribution in [-0.4, -0.2) is 28.4 Å². The summed E-state index contributed by atoms with van der Waals surface area (Å²) in [7, 11) is 0.271. The van der Waals surface area contributed by atoms with E-state index in [0.29, 0.717) is 12.0 Å². The number of benzene rings is 1. The minimum Gasteiger partial charge on any atom is -0.372 e. The molecule has 0 atom stereocenters. The molecule has 3 nitrogen and oxygen atoms in total. The summed E-state index contributed by atoms with van der Waals surface area (Å²) in [5.41, 5.74) is 0.555. The number of halogens is 2. The monoisotopic (exact) mass is 344 g/mol. The number of hydrogen-bond donors (Lipinski definition) is 0. The van der Waals surface area contributed by atoms with Crippen molar-refractivity contribution in [1.29, 1.82) is 0 Å². The zero-order valence-corrected chi connectivity index (χ0v) is 15.3. The third-order valence-corrected chi connectivity index (χ3v) is 3.85. The van der Waals surface area contributed by atoms with Gasteiger partial charge in [0.1, 0.15) is 11.6 Å². The zero-order valence-electron chi connectivity index (χ0n) is 14.3. The van der Waals surface area contributed by atoms with Gasteiger partial charge in [-0.15, -0.1) is 0 Å². The molecule has 0 unspecified atom stereocenters. The molecule has 0 amide bonds. The standard InChI is InChI=1S/C17H26F2O3Si/c1-12(2)20-17(21-13(3)4)22-23-10-6-5-7-14-8-9-15(18)11-16(14)19/h8-9,11-13,17H,5-7,10H2,1-4H3. The molecular weight excluding hydrogens is 318 g/mol. The van der Waals surface area contributed by atoms with Crippen LogP contribution in [-0.2, 0) is 20.3 Å². The fraction of sp³-hybridized carbons (Fsp3) is 0.647. The molecule has 0 bridgehead atoms. The van der Waals surface area contributed by atoms with Crippen LogP contribution >= 0.6 is 0 Å². The predicted octanol–water partition coefficient (Wildman–Crippen LogP) is 4.48. The van der Waals surface area contributed by atoms with Crippen molar-refractivity contribution in [2.24, 2.45) is 0 Å². The Morgan fingerprint density at radius 3 is 2.22 bits per heavy atom. The first-order valence-electron chi connectivity index (χ1n) is 8.02. The fourth-order valence-electron chi connectivity index (χ4n) is 1.90. The van der Waals surface area contributed by atoms with E-state index >= 15 is 0 Å². The summed E-state index contributed by atoms with van der Waals surface area (Å²) in [6.45, 7) is 7.09. The van der Waals surface area contributed by atoms with Crippen LogP contribution in [0.4, 0.5) is 8.78 Å². The first-order chi connectivity index (χ1) is 10.9. The lowest BCUT2D eigenvalue weighted by Gasteiger charge is -2.22. The van der Waals surface area contributed by atoms with Crippen molar-refractivity contribution in [3.05, 3.63) is 35.4 Å². The predicted molar refractivity (Wildman–Crippen MR) is 87.2 cm³/mol. The molecule has 0 heterocycles. The highest BCUT2D eigenvalue weighted by atomic mass is 28.2. The van der Waals surface area contributed by atoms with Gasteiger partial charge >= 0.3 is 0 Å². The summed E-state index contributed by atoms with van der Waals surface area (Å²) < 4.78 is 43.0. The lowest BCUT2D eigenvalue weighted by atomic mass is 10.1. The molecule has 0 fully saturated rings. The van der Waals surface area contributed by atoms with E-state index in [9.17, 15) is 8.78 Å². The second kappa shape index (κ2) is 10.9. The third kappa shape index (κ3) is 9.15. The van der Waals surface area contributed by atoms with Crippen molar-refractivity contribution in [3.63, 3.8) is 0 Å². The normalized spacial score (nSPS) is 11.9. The van der Waals surface area contributed by atoms with Gasteiger partial charge in [-0.05, 0) is 58.2 Å². The van der Waals surface area contributed by atoms with E-state index in [-0.39, 0.29) is 22.0 Å². The number of rotatable bonds is 11. The van der Waals surface area contributed by atoms with E-state index in [2.05, 4.69) is 0 Å². The van der Waals surface area contributed by atoms with Crippen molar-refractivity contribution >= 4 is 9.76 Å². The average molecular weight is 344 g/mol. The Labute approximate surface area is 140 Å². The second-order valence-electron chi connectivity index (χ2n) is 5.86. The van der Waals surface area contributed by atoms with Crippen molar-refractivity contribution in [2.75, 3.05) is 0 Å². The van der Waals surface area contributed by atoms with E-state index in [4.69, 9.17) is 13.9 Å². The minimum absolute atomic E-state index is 0.0324. The van der Waals surface area contributed by atoms with Crippen LogP contribution in [0.25, 0.3) is 0 Å². The summed E-state index contributed by atoms with van der Waals surface area (Å²) in [6, 6.07) is 4.59. The molecule has 0 spiro atoms. The summed E-state index contributed by atoms with van der Waals surface area (Å²) in [5, 5.41) is 0. The van der Waals surface area contributed by atoms with Gasteiger partial charge < -0.3 is 13.9 Å². The molecule has 23 heavy (non-hydrogen) atoms. The number of hydrogen-bond acceptors (Lipinski definition) is 3. The molecule has 6 heteroatoms. The van der Waals surface area contributed by atoms with Crippen molar-refractivity contribution in [1.82, 2.24) is 0 Å². The largest absolute Gasteiger partial charge is 0.372 e. The van der Waals surface area contributed by atoms with Crippen LogP contribution in [0, 0.1) is 11.6 Å². The van der Waals surface area contributed by atoms with Crippen molar-refractivity contribution in [2.45, 2.75) is 71.7 Å². The lowest BCUT2D eigenvalue weighted by molar-refractivity contribution is -0.275. The molecule has 1 aromatic carbocycles. The van der Waals surface area contributed by atoms with Crippen LogP contribution < -0.4 is 0 Å². The van der Waals surface area contributed by atoms with Crippen LogP contribution in [0.15, 0.2) is 18.2 Å². The van der Waals surface area contributed by atoms with E-state index in [1.165, 1.54) is 12.1 Å². The minimum atomic E-state index is -0.636. The van der Waals surface area contributed by atoms with Gasteiger partial charge in [-0.3, -0.25) is 0 Å². The molecule has 0 aliphatic carbocycles. The first kappa shape index (κ1) is 20.2. The number of aryl methyl sites for hydroxylation is 1. The Kier molecular flexibility index (Phi) is 9.55. The Morgan fingerprint density at radius 1 is 1.00 bits per heavy atom. The molecular formula is C17H26F2O3Si. The molecule has 0 saturated carbocycles. The van der Waals surface area contributed by atoms with Gasteiger partial charge in [-0.1, -0.05) is 12.5 Å².